The summed E-state index contributed by atoms with van der Waals surface area (Å²) in [5.74, 6) is -2.46. The van der Waals surface area contributed by atoms with E-state index in [9.17, 15) is 9.90 Å². The second kappa shape index (κ2) is 14.2. The maximum absolute atomic E-state index is 15.2. The van der Waals surface area contributed by atoms with Gasteiger partial charge >= 0.3 is 0 Å². The Balaban J connectivity index is 1.45. The van der Waals surface area contributed by atoms with Crippen molar-refractivity contribution in [1.29, 1.82) is 0 Å². The lowest BCUT2D eigenvalue weighted by Crippen LogP contribution is -2.60. The maximum Gasteiger partial charge on any atom is 0.250 e. The fraction of sp³-hybridized carbons (Fsp3) is 0.513. The third-order valence-electron chi connectivity index (χ3n) is 11.5. The van der Waals surface area contributed by atoms with Crippen LogP contribution >= 0.6 is 0 Å². The van der Waals surface area contributed by atoms with E-state index < -0.39 is 35.1 Å². The summed E-state index contributed by atoms with van der Waals surface area (Å²) >= 11 is 0. The van der Waals surface area contributed by atoms with E-state index in [0.717, 1.165) is 5.52 Å². The Morgan fingerprint density at radius 2 is 1.82 bits per heavy atom. The number of ether oxygens (including phenoxy) is 2. The summed E-state index contributed by atoms with van der Waals surface area (Å²) in [6.45, 7) is 18.2. The van der Waals surface area contributed by atoms with Crippen LogP contribution in [0.3, 0.4) is 0 Å². The monoisotopic (exact) mass is 698 g/mol. The third-order valence-corrected chi connectivity index (χ3v) is 11.5. The number of para-hydroxylation sites is 1. The number of rotatable bonds is 15. The van der Waals surface area contributed by atoms with Crippen molar-refractivity contribution < 1.29 is 29.0 Å². The van der Waals surface area contributed by atoms with Crippen LogP contribution in [-0.4, -0.2) is 97.2 Å². The van der Waals surface area contributed by atoms with Gasteiger partial charge in [0.2, 0.25) is 17.7 Å². The summed E-state index contributed by atoms with van der Waals surface area (Å²) in [4.78, 5) is 50.0. The minimum atomic E-state index is -1.31. The van der Waals surface area contributed by atoms with Crippen LogP contribution in [0.25, 0.3) is 11.0 Å². The second-order valence-corrected chi connectivity index (χ2v) is 14.3. The number of likely N-dealkylation sites (tertiary alicyclic amines) is 1. The minimum Gasteiger partial charge on any atom is -0.494 e. The molecule has 0 saturated carbocycles. The van der Waals surface area contributed by atoms with Crippen molar-refractivity contribution in [2.75, 3.05) is 31.2 Å². The van der Waals surface area contributed by atoms with Gasteiger partial charge in [-0.2, -0.15) is 0 Å². The number of aromatic nitrogens is 3. The molecular formula is C39H50N6O6. The summed E-state index contributed by atoms with van der Waals surface area (Å²) in [6, 6.07) is 13.0. The number of carbonyl (C=O) groups excluding carboxylic acids is 3. The summed E-state index contributed by atoms with van der Waals surface area (Å²) < 4.78 is 14.3. The molecular weight excluding hydrogens is 648 g/mol. The first-order valence-electron chi connectivity index (χ1n) is 18.0. The van der Waals surface area contributed by atoms with E-state index >= 15 is 9.59 Å². The summed E-state index contributed by atoms with van der Waals surface area (Å²) in [7, 11) is 0. The number of nitrogens with zero attached hydrogens (tertiary/aromatic N) is 6. The molecule has 1 aromatic heterocycles. The third kappa shape index (κ3) is 5.82. The predicted molar refractivity (Wildman–Crippen MR) is 194 cm³/mol. The van der Waals surface area contributed by atoms with Gasteiger partial charge < -0.3 is 29.3 Å². The van der Waals surface area contributed by atoms with E-state index in [1.54, 1.807) is 31.5 Å². The molecule has 4 heterocycles. The van der Waals surface area contributed by atoms with Gasteiger partial charge in [-0.3, -0.25) is 14.4 Å². The van der Waals surface area contributed by atoms with Crippen LogP contribution < -0.4 is 9.64 Å². The highest BCUT2D eigenvalue weighted by Crippen LogP contribution is 2.66. The van der Waals surface area contributed by atoms with Gasteiger partial charge in [0.25, 0.3) is 0 Å². The second-order valence-electron chi connectivity index (χ2n) is 14.3. The van der Waals surface area contributed by atoms with Crippen molar-refractivity contribution in [2.45, 2.75) is 77.4 Å². The van der Waals surface area contributed by atoms with Gasteiger partial charge in [-0.25, -0.2) is 4.68 Å². The standard InChI is InChI=1S/C39H50N6O6/c1-8-20-42(24-44-30-15-13-12-14-29(30)40-41-44)37(49)34-39-22-26(6)38(7,51-39)32(33(39)36(48)45(34)31(23-46)25(5)10-3)35(47)43(21-9-2)27-16-18-28(19-17-27)50-11-4/h8-9,12-19,25-26,31-34,46H,1-2,10-11,20-24H2,3-7H3/t25-,26?,31-,32+,33-,34?,38-,39?/m0/s1. The first-order valence-corrected chi connectivity index (χ1v) is 18.0. The van der Waals surface area contributed by atoms with Crippen LogP contribution in [0.4, 0.5) is 5.69 Å². The molecule has 0 radical (unpaired) electrons. The molecule has 3 unspecified atom stereocenters. The lowest BCUT2D eigenvalue weighted by atomic mass is 9.62. The maximum atomic E-state index is 15.2. The highest BCUT2D eigenvalue weighted by atomic mass is 16.5. The van der Waals surface area contributed by atoms with Crippen LogP contribution in [0.1, 0.15) is 47.5 Å². The van der Waals surface area contributed by atoms with Crippen molar-refractivity contribution >= 4 is 34.4 Å². The van der Waals surface area contributed by atoms with Crippen LogP contribution in [0.2, 0.25) is 0 Å². The molecule has 6 rings (SSSR count). The van der Waals surface area contributed by atoms with Gasteiger partial charge in [-0.15, -0.1) is 18.3 Å². The zero-order valence-electron chi connectivity index (χ0n) is 30.3. The van der Waals surface area contributed by atoms with Crippen LogP contribution in [0.15, 0.2) is 73.8 Å². The number of amides is 3. The molecule has 3 aromatic rings. The van der Waals surface area contributed by atoms with E-state index in [1.165, 1.54) is 0 Å². The highest BCUT2D eigenvalue weighted by Gasteiger charge is 2.80. The molecule has 3 aliphatic rings. The van der Waals surface area contributed by atoms with Crippen molar-refractivity contribution in [1.82, 2.24) is 24.8 Å². The van der Waals surface area contributed by atoms with Crippen LogP contribution in [0, 0.1) is 23.7 Å². The summed E-state index contributed by atoms with van der Waals surface area (Å²) in [5, 5.41) is 19.5. The average Bonchev–Trinajstić information content (AvgIpc) is 3.80. The number of benzene rings is 2. The number of hydrogen-bond acceptors (Lipinski definition) is 8. The van der Waals surface area contributed by atoms with Crippen molar-refractivity contribution in [3.8, 4) is 5.75 Å². The molecule has 2 bridgehead atoms. The molecule has 1 spiro atoms. The van der Waals surface area contributed by atoms with E-state index in [1.807, 2.05) is 83.1 Å². The van der Waals surface area contributed by atoms with Crippen molar-refractivity contribution in [2.24, 2.45) is 23.7 Å². The Labute approximate surface area is 299 Å². The smallest absolute Gasteiger partial charge is 0.250 e. The molecule has 8 atom stereocenters. The lowest BCUT2D eigenvalue weighted by molar-refractivity contribution is -0.157. The topological polar surface area (TPSA) is 130 Å². The van der Waals surface area contributed by atoms with E-state index in [-0.39, 0.29) is 55.9 Å². The molecule has 51 heavy (non-hydrogen) atoms. The molecule has 3 aliphatic heterocycles. The fourth-order valence-corrected chi connectivity index (χ4v) is 8.74. The van der Waals surface area contributed by atoms with E-state index in [4.69, 9.17) is 9.47 Å². The Bertz CT molecular complexity index is 1790. The molecule has 3 fully saturated rings. The van der Waals surface area contributed by atoms with Crippen molar-refractivity contribution in [3.63, 3.8) is 0 Å². The predicted octanol–water partition coefficient (Wildman–Crippen LogP) is 4.44. The highest BCUT2D eigenvalue weighted by molar-refractivity contribution is 6.03. The Morgan fingerprint density at radius 3 is 2.47 bits per heavy atom. The molecule has 12 heteroatoms. The Kier molecular flexibility index (Phi) is 10.1. The lowest BCUT2D eigenvalue weighted by Gasteiger charge is -2.41. The van der Waals surface area contributed by atoms with Gasteiger partial charge in [-0.05, 0) is 68.5 Å². The molecule has 3 amide bonds. The molecule has 12 nitrogen and oxygen atoms in total. The summed E-state index contributed by atoms with van der Waals surface area (Å²) in [5.41, 5.74) is -0.273. The van der Waals surface area contributed by atoms with Gasteiger partial charge in [-0.1, -0.05) is 56.7 Å². The Hall–Kier alpha value is -4.55. The zero-order valence-corrected chi connectivity index (χ0v) is 30.3. The van der Waals surface area contributed by atoms with E-state index in [0.29, 0.717) is 36.4 Å². The number of fused-ring (bicyclic) bond motifs is 2. The van der Waals surface area contributed by atoms with E-state index in [2.05, 4.69) is 23.5 Å². The average molecular weight is 699 g/mol. The molecule has 1 N–H and O–H groups in total. The number of aliphatic hydroxyl groups excluding tert-OH is 1. The number of anilines is 1. The van der Waals surface area contributed by atoms with Gasteiger partial charge in [0.15, 0.2) is 0 Å². The van der Waals surface area contributed by atoms with Gasteiger partial charge in [0.1, 0.15) is 29.6 Å². The summed E-state index contributed by atoms with van der Waals surface area (Å²) in [6.07, 6.45) is 4.36. The van der Waals surface area contributed by atoms with Gasteiger partial charge in [0, 0.05) is 18.8 Å². The number of carbonyl (C=O) groups is 3. The largest absolute Gasteiger partial charge is 0.494 e. The fourth-order valence-electron chi connectivity index (χ4n) is 8.74. The molecule has 0 aliphatic carbocycles. The molecule has 3 saturated heterocycles. The molecule has 2 aromatic carbocycles. The molecule has 272 valence electrons. The van der Waals surface area contributed by atoms with Crippen molar-refractivity contribution in [3.05, 3.63) is 73.8 Å². The normalized spacial score (nSPS) is 27.6. The zero-order chi connectivity index (χ0) is 36.7. The van der Waals surface area contributed by atoms with Gasteiger partial charge in [0.05, 0.1) is 42.2 Å². The first kappa shape index (κ1) is 36.2. The minimum absolute atomic E-state index is 0.0534. The number of hydrogen-bond donors (Lipinski definition) is 1. The Morgan fingerprint density at radius 1 is 1.12 bits per heavy atom. The quantitative estimate of drug-likeness (QED) is 0.231. The SMILES string of the molecule is C=CCN(Cn1nnc2ccccc21)C(=O)C1N([C@@H](CO)[C@@H](C)CC)C(=O)[C@@H]2[C@H](C(=O)N(CC=C)c3ccc(OCC)cc3)[C@@]3(C)OC12CC3C. The number of aliphatic hydroxyl groups is 1. The first-order chi connectivity index (χ1) is 24.5. The van der Waals surface area contributed by atoms with Crippen LogP contribution in [0.5, 0.6) is 5.75 Å². The van der Waals surface area contributed by atoms with Crippen LogP contribution in [-0.2, 0) is 25.8 Å².